The largest absolute Gasteiger partial charge is 0.367 e. The van der Waals surface area contributed by atoms with Crippen molar-refractivity contribution in [3.8, 4) is 0 Å². The predicted octanol–water partition coefficient (Wildman–Crippen LogP) is 0.584. The van der Waals surface area contributed by atoms with Crippen LogP contribution in [-0.2, 0) is 16.0 Å². The van der Waals surface area contributed by atoms with E-state index in [1.165, 1.54) is 0 Å². The van der Waals surface area contributed by atoms with E-state index in [1.54, 1.807) is 18.7 Å². The number of hydrogen-bond donors (Lipinski definition) is 2. The van der Waals surface area contributed by atoms with E-state index < -0.39 is 0 Å². The molecule has 7 nitrogen and oxygen atoms in total. The van der Waals surface area contributed by atoms with Crippen LogP contribution in [0.1, 0.15) is 23.3 Å². The van der Waals surface area contributed by atoms with E-state index in [2.05, 4.69) is 19.9 Å². The number of hydrogen-bond acceptors (Lipinski definition) is 4. The van der Waals surface area contributed by atoms with Gasteiger partial charge in [0.25, 0.3) is 0 Å². The second-order valence-corrected chi connectivity index (χ2v) is 4.90. The van der Waals surface area contributed by atoms with Gasteiger partial charge in [0.15, 0.2) is 0 Å². The highest BCUT2D eigenvalue weighted by Gasteiger charge is 2.27. The molecule has 3 rings (SSSR count). The van der Waals surface area contributed by atoms with E-state index in [0.717, 1.165) is 17.2 Å². The summed E-state index contributed by atoms with van der Waals surface area (Å²) in [6.45, 7) is 3.61. The molecule has 7 heteroatoms. The van der Waals surface area contributed by atoms with Crippen molar-refractivity contribution in [2.24, 2.45) is 0 Å². The fourth-order valence-corrected chi connectivity index (χ4v) is 2.29. The Balaban J connectivity index is 1.64. The van der Waals surface area contributed by atoms with Crippen molar-refractivity contribution in [1.29, 1.82) is 0 Å². The molecule has 1 atom stereocenters. The lowest BCUT2D eigenvalue weighted by atomic mass is 10.2. The lowest BCUT2D eigenvalue weighted by molar-refractivity contribution is -0.138. The predicted molar refractivity (Wildman–Crippen MR) is 70.9 cm³/mol. The van der Waals surface area contributed by atoms with Crippen LogP contribution in [0.2, 0.25) is 0 Å². The Hall–Kier alpha value is -2.15. The van der Waals surface area contributed by atoms with Crippen molar-refractivity contribution >= 4 is 5.91 Å². The third-order valence-electron chi connectivity index (χ3n) is 3.34. The van der Waals surface area contributed by atoms with Crippen LogP contribution in [0.4, 0.5) is 0 Å². The summed E-state index contributed by atoms with van der Waals surface area (Å²) in [5.74, 6) is 0.854. The number of morpholine rings is 1. The van der Waals surface area contributed by atoms with Crippen LogP contribution in [0.5, 0.6) is 0 Å². The molecule has 1 amide bonds. The van der Waals surface area contributed by atoms with Gasteiger partial charge in [0.2, 0.25) is 5.91 Å². The molecule has 1 unspecified atom stereocenters. The highest BCUT2D eigenvalue weighted by atomic mass is 16.5. The Bertz CT molecular complexity index is 577. The Labute approximate surface area is 116 Å². The van der Waals surface area contributed by atoms with Gasteiger partial charge in [-0.05, 0) is 6.92 Å². The molecule has 2 N–H and O–H groups in total. The third-order valence-corrected chi connectivity index (χ3v) is 3.34. The van der Waals surface area contributed by atoms with Crippen molar-refractivity contribution < 1.29 is 9.53 Å². The number of aryl methyl sites for hydroxylation is 1. The van der Waals surface area contributed by atoms with Crippen LogP contribution < -0.4 is 0 Å². The molecule has 20 heavy (non-hydrogen) atoms. The summed E-state index contributed by atoms with van der Waals surface area (Å²) < 4.78 is 5.69. The maximum Gasteiger partial charge on any atom is 0.228 e. The fraction of sp³-hybridized carbons (Fsp3) is 0.462. The zero-order valence-corrected chi connectivity index (χ0v) is 11.3. The van der Waals surface area contributed by atoms with E-state index in [1.807, 2.05) is 11.8 Å². The summed E-state index contributed by atoms with van der Waals surface area (Å²) in [6.07, 6.45) is 5.18. The number of rotatable bonds is 3. The minimum Gasteiger partial charge on any atom is -0.367 e. The molecule has 0 spiro atoms. The van der Waals surface area contributed by atoms with E-state index >= 15 is 0 Å². The van der Waals surface area contributed by atoms with Crippen molar-refractivity contribution in [2.45, 2.75) is 19.4 Å². The third kappa shape index (κ3) is 2.72. The number of H-pyrrole nitrogens is 2. The maximum atomic E-state index is 12.2. The molecule has 3 heterocycles. The smallest absolute Gasteiger partial charge is 0.228 e. The molecule has 0 saturated carbocycles. The molecule has 1 aliphatic heterocycles. The van der Waals surface area contributed by atoms with Crippen LogP contribution in [0.15, 0.2) is 18.7 Å². The molecule has 1 aliphatic rings. The van der Waals surface area contributed by atoms with Crippen LogP contribution >= 0.6 is 0 Å². The van der Waals surface area contributed by atoms with Gasteiger partial charge in [-0.2, -0.15) is 0 Å². The fourth-order valence-electron chi connectivity index (χ4n) is 2.29. The van der Waals surface area contributed by atoms with Gasteiger partial charge in [0, 0.05) is 30.3 Å². The Morgan fingerprint density at radius 1 is 1.55 bits per heavy atom. The van der Waals surface area contributed by atoms with Crippen molar-refractivity contribution in [2.75, 3.05) is 19.7 Å². The SMILES string of the molecule is Cc1cnc(C2CN(C(=O)Cc3cnc[nH]3)CCO2)[nH]1. The van der Waals surface area contributed by atoms with Gasteiger partial charge in [-0.1, -0.05) is 0 Å². The first-order valence-corrected chi connectivity index (χ1v) is 6.60. The maximum absolute atomic E-state index is 12.2. The number of carbonyl (C=O) groups is 1. The molecule has 106 valence electrons. The standard InChI is InChI=1S/C13H17N5O2/c1-9-5-15-13(17-9)11-7-18(2-3-20-11)12(19)4-10-6-14-8-16-10/h5-6,8,11H,2-4,7H2,1H3,(H,14,16)(H,15,17). The molecule has 0 aliphatic carbocycles. The molecule has 1 fully saturated rings. The van der Waals surface area contributed by atoms with Gasteiger partial charge in [0.1, 0.15) is 11.9 Å². The van der Waals surface area contributed by atoms with E-state index in [0.29, 0.717) is 26.1 Å². The minimum atomic E-state index is -0.178. The second kappa shape index (κ2) is 5.46. The van der Waals surface area contributed by atoms with E-state index in [4.69, 9.17) is 4.74 Å². The molecular weight excluding hydrogens is 258 g/mol. The highest BCUT2D eigenvalue weighted by molar-refractivity contribution is 5.78. The van der Waals surface area contributed by atoms with Crippen LogP contribution in [0, 0.1) is 6.92 Å². The Kier molecular flexibility index (Phi) is 3.51. The summed E-state index contributed by atoms with van der Waals surface area (Å²) in [7, 11) is 0. The van der Waals surface area contributed by atoms with E-state index in [-0.39, 0.29) is 12.0 Å². The van der Waals surface area contributed by atoms with Gasteiger partial charge in [-0.15, -0.1) is 0 Å². The van der Waals surface area contributed by atoms with Crippen molar-refractivity contribution in [3.05, 3.63) is 35.9 Å². The average Bonchev–Trinajstić information content (AvgIpc) is 3.10. The second-order valence-electron chi connectivity index (χ2n) is 4.90. The zero-order valence-electron chi connectivity index (χ0n) is 11.3. The molecule has 1 saturated heterocycles. The summed E-state index contributed by atoms with van der Waals surface area (Å²) in [5, 5.41) is 0. The van der Waals surface area contributed by atoms with Gasteiger partial charge in [0.05, 0.1) is 25.9 Å². The number of aromatic nitrogens is 4. The summed E-state index contributed by atoms with van der Waals surface area (Å²) in [4.78, 5) is 28.4. The molecule has 2 aromatic rings. The summed E-state index contributed by atoms with van der Waals surface area (Å²) in [6, 6.07) is 0. The average molecular weight is 275 g/mol. The lowest BCUT2D eigenvalue weighted by Gasteiger charge is -2.32. The quantitative estimate of drug-likeness (QED) is 0.858. The Morgan fingerprint density at radius 2 is 2.45 bits per heavy atom. The monoisotopic (exact) mass is 275 g/mol. The molecule has 2 aromatic heterocycles. The van der Waals surface area contributed by atoms with E-state index in [9.17, 15) is 4.79 Å². The number of nitrogens with one attached hydrogen (secondary N) is 2. The zero-order chi connectivity index (χ0) is 13.9. The van der Waals surface area contributed by atoms with Gasteiger partial charge in [-0.25, -0.2) is 9.97 Å². The van der Waals surface area contributed by atoms with Crippen LogP contribution in [-0.4, -0.2) is 50.4 Å². The highest BCUT2D eigenvalue weighted by Crippen LogP contribution is 2.20. The molecule has 0 radical (unpaired) electrons. The number of imidazole rings is 2. The van der Waals surface area contributed by atoms with Crippen LogP contribution in [0.25, 0.3) is 0 Å². The first-order valence-electron chi connectivity index (χ1n) is 6.60. The number of amides is 1. The number of aromatic amines is 2. The lowest BCUT2D eigenvalue weighted by Crippen LogP contribution is -2.43. The first kappa shape index (κ1) is 12.9. The Morgan fingerprint density at radius 3 is 3.15 bits per heavy atom. The molecular formula is C13H17N5O2. The van der Waals surface area contributed by atoms with Crippen LogP contribution in [0.3, 0.4) is 0 Å². The van der Waals surface area contributed by atoms with Gasteiger partial charge >= 0.3 is 0 Å². The van der Waals surface area contributed by atoms with Crippen molar-refractivity contribution in [3.63, 3.8) is 0 Å². The summed E-state index contributed by atoms with van der Waals surface area (Å²) >= 11 is 0. The summed E-state index contributed by atoms with van der Waals surface area (Å²) in [5.41, 5.74) is 1.82. The number of ether oxygens (including phenoxy) is 1. The number of nitrogens with zero attached hydrogens (tertiary/aromatic N) is 3. The normalized spacial score (nSPS) is 19.2. The first-order chi connectivity index (χ1) is 9.72. The van der Waals surface area contributed by atoms with Gasteiger partial charge < -0.3 is 19.6 Å². The topological polar surface area (TPSA) is 86.9 Å². The molecule has 0 bridgehead atoms. The minimum absolute atomic E-state index is 0.0748. The van der Waals surface area contributed by atoms with Crippen molar-refractivity contribution in [1.82, 2.24) is 24.8 Å². The molecule has 0 aromatic carbocycles. The van der Waals surface area contributed by atoms with Gasteiger partial charge in [-0.3, -0.25) is 4.79 Å². The number of carbonyl (C=O) groups excluding carboxylic acids is 1.